The molecule has 0 aliphatic heterocycles. The topological polar surface area (TPSA) is 76.1 Å². The Morgan fingerprint density at radius 1 is 1.00 bits per heavy atom. The van der Waals surface area contributed by atoms with Crippen LogP contribution < -0.4 is 9.47 Å². The van der Waals surface area contributed by atoms with Gasteiger partial charge in [0.25, 0.3) is 5.91 Å². The molecular weight excluding hydrogens is 346 g/mol. The highest BCUT2D eigenvalue weighted by Crippen LogP contribution is 2.31. The summed E-state index contributed by atoms with van der Waals surface area (Å²) in [6.07, 6.45) is 0.314. The Morgan fingerprint density at radius 3 is 2.19 bits per heavy atom. The summed E-state index contributed by atoms with van der Waals surface area (Å²) in [5.41, 5.74) is 1.70. The number of hydrogen-bond acceptors (Lipinski definition) is 4. The Balaban J connectivity index is 2.57. The average molecular weight is 371 g/mol. The largest absolute Gasteiger partial charge is 0.496 e. The highest BCUT2D eigenvalue weighted by molar-refractivity contribution is 5.99. The Kier molecular flexibility index (Phi) is 6.82. The zero-order chi connectivity index (χ0) is 20.0. The van der Waals surface area contributed by atoms with E-state index in [9.17, 15) is 14.7 Å². The minimum Gasteiger partial charge on any atom is -0.496 e. The van der Waals surface area contributed by atoms with E-state index in [1.807, 2.05) is 38.1 Å². The summed E-state index contributed by atoms with van der Waals surface area (Å²) in [5, 5.41) is 9.74. The first-order chi connectivity index (χ1) is 13.0. The van der Waals surface area contributed by atoms with Crippen LogP contribution in [0.3, 0.4) is 0 Å². The van der Waals surface area contributed by atoms with Gasteiger partial charge in [-0.15, -0.1) is 0 Å². The molecule has 0 bridgehead atoms. The Morgan fingerprint density at radius 2 is 1.63 bits per heavy atom. The molecule has 0 radical (unpaired) electrons. The standard InChI is InChI=1S/C21H25NO5/c1-5-22(6-2)20(23)15-12-17(21(24)25)16(19(13-15)27-4)11-14-9-7-8-10-18(14)26-3/h7-10,12-13H,5-6,11H2,1-4H3,(H,24,25). The molecule has 0 saturated carbocycles. The molecule has 0 aliphatic rings. The summed E-state index contributed by atoms with van der Waals surface area (Å²) in [7, 11) is 3.04. The van der Waals surface area contributed by atoms with Crippen molar-refractivity contribution in [3.8, 4) is 11.5 Å². The second-order valence-electron chi connectivity index (χ2n) is 5.98. The van der Waals surface area contributed by atoms with Crippen LogP contribution >= 0.6 is 0 Å². The van der Waals surface area contributed by atoms with E-state index in [1.54, 1.807) is 18.1 Å². The van der Waals surface area contributed by atoms with Crippen LogP contribution in [0.1, 0.15) is 45.7 Å². The molecule has 1 amide bonds. The number of benzene rings is 2. The molecule has 6 heteroatoms. The number of nitrogens with zero attached hydrogens (tertiary/aromatic N) is 1. The normalized spacial score (nSPS) is 10.4. The SMILES string of the molecule is CCN(CC)C(=O)c1cc(OC)c(Cc2ccccc2OC)c(C(=O)O)c1. The van der Waals surface area contributed by atoms with Crippen LogP contribution in [0.15, 0.2) is 36.4 Å². The summed E-state index contributed by atoms with van der Waals surface area (Å²) in [5.74, 6) is -0.285. The molecule has 0 heterocycles. The Bertz CT molecular complexity index is 827. The highest BCUT2D eigenvalue weighted by atomic mass is 16.5. The molecule has 2 aromatic rings. The lowest BCUT2D eigenvalue weighted by atomic mass is 9.95. The van der Waals surface area contributed by atoms with Crippen LogP contribution in [-0.4, -0.2) is 49.2 Å². The van der Waals surface area contributed by atoms with Gasteiger partial charge >= 0.3 is 5.97 Å². The van der Waals surface area contributed by atoms with Gasteiger partial charge in [0.15, 0.2) is 0 Å². The summed E-state index contributed by atoms with van der Waals surface area (Å²) in [6.45, 7) is 4.85. The van der Waals surface area contributed by atoms with E-state index in [0.29, 0.717) is 42.1 Å². The number of aromatic carboxylic acids is 1. The maximum absolute atomic E-state index is 12.7. The lowest BCUT2D eigenvalue weighted by molar-refractivity contribution is 0.0695. The van der Waals surface area contributed by atoms with Crippen molar-refractivity contribution < 1.29 is 24.2 Å². The highest BCUT2D eigenvalue weighted by Gasteiger charge is 2.22. The van der Waals surface area contributed by atoms with Crippen molar-refractivity contribution in [2.45, 2.75) is 20.3 Å². The first-order valence-corrected chi connectivity index (χ1v) is 8.82. The molecular formula is C21H25NO5. The van der Waals surface area contributed by atoms with Gasteiger partial charge in [-0.1, -0.05) is 18.2 Å². The number of carbonyl (C=O) groups excluding carboxylic acids is 1. The second-order valence-corrected chi connectivity index (χ2v) is 5.98. The molecule has 144 valence electrons. The van der Waals surface area contributed by atoms with Crippen LogP contribution in [0, 0.1) is 0 Å². The van der Waals surface area contributed by atoms with E-state index < -0.39 is 5.97 Å². The van der Waals surface area contributed by atoms with Crippen molar-refractivity contribution in [1.29, 1.82) is 0 Å². The first-order valence-electron chi connectivity index (χ1n) is 8.82. The number of carboxylic acids is 1. The molecule has 2 rings (SSSR count). The number of ether oxygens (including phenoxy) is 2. The smallest absolute Gasteiger partial charge is 0.336 e. The third-order valence-electron chi connectivity index (χ3n) is 4.52. The van der Waals surface area contributed by atoms with Crippen LogP contribution in [0.25, 0.3) is 0 Å². The second kappa shape index (κ2) is 9.07. The molecule has 0 spiro atoms. The van der Waals surface area contributed by atoms with Crippen molar-refractivity contribution >= 4 is 11.9 Å². The monoisotopic (exact) mass is 371 g/mol. The van der Waals surface area contributed by atoms with Gasteiger partial charge in [0.2, 0.25) is 0 Å². The number of carbonyl (C=O) groups is 2. The van der Waals surface area contributed by atoms with Gasteiger partial charge in [0.1, 0.15) is 11.5 Å². The Labute approximate surface area is 159 Å². The van der Waals surface area contributed by atoms with E-state index >= 15 is 0 Å². The zero-order valence-electron chi connectivity index (χ0n) is 16.1. The van der Waals surface area contributed by atoms with Crippen molar-refractivity contribution in [1.82, 2.24) is 4.90 Å². The fraction of sp³-hybridized carbons (Fsp3) is 0.333. The third kappa shape index (κ3) is 4.39. The third-order valence-corrected chi connectivity index (χ3v) is 4.52. The number of carboxylic acid groups (broad SMARTS) is 1. The molecule has 2 aromatic carbocycles. The minimum atomic E-state index is -1.10. The van der Waals surface area contributed by atoms with Crippen LogP contribution in [0.4, 0.5) is 0 Å². The Hall–Kier alpha value is -3.02. The zero-order valence-corrected chi connectivity index (χ0v) is 16.1. The van der Waals surface area contributed by atoms with Crippen molar-refractivity contribution in [2.24, 2.45) is 0 Å². The molecule has 0 aromatic heterocycles. The number of para-hydroxylation sites is 1. The van der Waals surface area contributed by atoms with Gasteiger partial charge in [-0.25, -0.2) is 4.79 Å². The van der Waals surface area contributed by atoms with Crippen LogP contribution in [0.2, 0.25) is 0 Å². The maximum atomic E-state index is 12.7. The lowest BCUT2D eigenvalue weighted by Gasteiger charge is -2.21. The summed E-state index contributed by atoms with van der Waals surface area (Å²) in [4.78, 5) is 26.2. The predicted molar refractivity (Wildman–Crippen MR) is 103 cm³/mol. The molecule has 1 N–H and O–H groups in total. The van der Waals surface area contributed by atoms with Crippen molar-refractivity contribution in [3.63, 3.8) is 0 Å². The fourth-order valence-electron chi connectivity index (χ4n) is 3.06. The van der Waals surface area contributed by atoms with E-state index in [0.717, 1.165) is 5.56 Å². The van der Waals surface area contributed by atoms with Gasteiger partial charge in [0, 0.05) is 30.6 Å². The predicted octanol–water partition coefficient (Wildman–Crippen LogP) is 3.47. The average Bonchev–Trinajstić information content (AvgIpc) is 2.68. The van der Waals surface area contributed by atoms with Gasteiger partial charge in [-0.2, -0.15) is 0 Å². The molecule has 0 saturated heterocycles. The van der Waals surface area contributed by atoms with Gasteiger partial charge in [-0.3, -0.25) is 4.79 Å². The quantitative estimate of drug-likeness (QED) is 0.769. The number of rotatable bonds is 8. The van der Waals surface area contributed by atoms with Gasteiger partial charge in [0.05, 0.1) is 19.8 Å². The molecule has 0 fully saturated rings. The lowest BCUT2D eigenvalue weighted by Crippen LogP contribution is -2.30. The first kappa shape index (κ1) is 20.3. The van der Waals surface area contributed by atoms with E-state index in [2.05, 4.69) is 0 Å². The van der Waals surface area contributed by atoms with E-state index in [4.69, 9.17) is 9.47 Å². The van der Waals surface area contributed by atoms with E-state index in [1.165, 1.54) is 13.2 Å². The minimum absolute atomic E-state index is 0.0516. The molecule has 0 aliphatic carbocycles. The fourth-order valence-corrected chi connectivity index (χ4v) is 3.06. The molecule has 0 atom stereocenters. The van der Waals surface area contributed by atoms with Gasteiger partial charge in [-0.05, 0) is 37.6 Å². The van der Waals surface area contributed by atoms with Crippen LogP contribution in [0.5, 0.6) is 11.5 Å². The number of amides is 1. The van der Waals surface area contributed by atoms with Gasteiger partial charge < -0.3 is 19.5 Å². The number of methoxy groups -OCH3 is 2. The molecule has 6 nitrogen and oxygen atoms in total. The van der Waals surface area contributed by atoms with Crippen molar-refractivity contribution in [2.75, 3.05) is 27.3 Å². The van der Waals surface area contributed by atoms with E-state index in [-0.39, 0.29) is 11.5 Å². The molecule has 0 unspecified atom stereocenters. The number of hydrogen-bond donors (Lipinski definition) is 1. The molecule has 27 heavy (non-hydrogen) atoms. The summed E-state index contributed by atoms with van der Waals surface area (Å²) in [6, 6.07) is 10.4. The maximum Gasteiger partial charge on any atom is 0.336 e. The van der Waals surface area contributed by atoms with Crippen LogP contribution in [-0.2, 0) is 6.42 Å². The van der Waals surface area contributed by atoms with Crippen molar-refractivity contribution in [3.05, 3.63) is 58.7 Å². The summed E-state index contributed by atoms with van der Waals surface area (Å²) < 4.78 is 10.8. The summed E-state index contributed by atoms with van der Waals surface area (Å²) >= 11 is 0.